The first kappa shape index (κ1) is 62.4. The number of fused-ring (bicyclic) bond motifs is 1. The molecule has 28 atom stereocenters. The van der Waals surface area contributed by atoms with Crippen LogP contribution >= 0.6 is 0 Å². The molecular weight excluding hydrogens is 1130 g/mol. The van der Waals surface area contributed by atoms with Crippen molar-refractivity contribution in [2.45, 2.75) is 186 Å². The van der Waals surface area contributed by atoms with Gasteiger partial charge in [0.25, 0.3) is 0 Å². The Kier molecular flexibility index (Phi) is 18.8. The number of phenolic OH excluding ortho intramolecular Hbond substituents is 2. The average molecular weight is 1200 g/mol. The predicted molar refractivity (Wildman–Crippen MR) is 257 cm³/mol. The van der Waals surface area contributed by atoms with Gasteiger partial charge in [0.1, 0.15) is 126 Å². The fourth-order valence-electron chi connectivity index (χ4n) is 10.00. The summed E-state index contributed by atoms with van der Waals surface area (Å²) in [7, 11) is 0. The van der Waals surface area contributed by atoms with Crippen LogP contribution in [0.3, 0.4) is 0 Å². The molecule has 0 bridgehead atoms. The van der Waals surface area contributed by atoms with E-state index in [1.165, 1.54) is 19.9 Å². The second-order valence-electron chi connectivity index (χ2n) is 20.5. The first-order valence-electron chi connectivity index (χ1n) is 25.6. The van der Waals surface area contributed by atoms with E-state index in [1.807, 2.05) is 0 Å². The second kappa shape index (κ2) is 25.0. The third-order valence-electron chi connectivity index (χ3n) is 14.7. The number of aliphatic hydroxyl groups is 14. The van der Waals surface area contributed by atoms with Crippen molar-refractivity contribution < 1.29 is 163 Å². The minimum absolute atomic E-state index is 0.124. The monoisotopic (exact) mass is 1190 g/mol. The molecule has 6 aliphatic heterocycles. The molecule has 0 spiro atoms. The van der Waals surface area contributed by atoms with Crippen molar-refractivity contribution in [3.8, 4) is 34.3 Å². The van der Waals surface area contributed by atoms with Gasteiger partial charge in [0.2, 0.25) is 12.6 Å². The van der Waals surface area contributed by atoms with Crippen LogP contribution in [0.4, 0.5) is 0 Å². The maximum atomic E-state index is 13.7. The van der Waals surface area contributed by atoms with Crippen LogP contribution in [0.2, 0.25) is 0 Å². The number of carboxylic acid groups (broad SMARTS) is 2. The second-order valence-corrected chi connectivity index (χ2v) is 20.5. The molecule has 3 aromatic rings. The third kappa shape index (κ3) is 12.5. The molecule has 0 unspecified atom stereocenters. The molecule has 34 nitrogen and oxygen atoms in total. The van der Waals surface area contributed by atoms with Crippen molar-refractivity contribution in [3.05, 3.63) is 46.6 Å². The number of hydrogen-bond donors (Lipinski definition) is 18. The number of ether oxygens (including phenoxy) is 12. The van der Waals surface area contributed by atoms with Crippen LogP contribution in [-0.4, -0.2) is 289 Å². The molecule has 6 aliphatic rings. The lowest BCUT2D eigenvalue weighted by molar-refractivity contribution is -0.374. The summed E-state index contributed by atoms with van der Waals surface area (Å²) in [6.07, 6.45) is -54.1. The molecule has 0 radical (unpaired) electrons. The fourth-order valence-corrected chi connectivity index (χ4v) is 10.00. The summed E-state index contributed by atoms with van der Waals surface area (Å²) in [5.74, 6) is -6.75. The number of hydrogen-bond acceptors (Lipinski definition) is 32. The highest BCUT2D eigenvalue weighted by Crippen LogP contribution is 2.41. The SMILES string of the molecule is C[C@@H]1O[C@@H](O[C@H]2[C@H](Oc3cc(O)c4c(=O)cc(-c5ccc(O[C@@H]6O[C@H](C(=O)O)[C@@H](O)[C@H](O[C@@H]7OC[C@@H](O)[C@H](O)[C@H]7O)[C@H]6O[C@@H]6O[C@@H](C)[C@H](O)[C@@H](O)[C@H]6O)c(O)c5)oc4c3)O[C@H](C(=O)O)[C@@H](O)[C@@H]2O[C@H]2OC[C@@H](O)[C@@H](O)[C@@H]2O)[C@H](O)[C@H](O)[C@H]1O. The zero-order chi connectivity index (χ0) is 60.4. The maximum absolute atomic E-state index is 13.7. The smallest absolute Gasteiger partial charge is 0.335 e. The molecule has 6 fully saturated rings. The largest absolute Gasteiger partial charge is 0.507 e. The molecule has 462 valence electrons. The number of carboxylic acids is 2. The molecule has 0 saturated carbocycles. The van der Waals surface area contributed by atoms with E-state index in [0.29, 0.717) is 0 Å². The van der Waals surface area contributed by atoms with Crippen LogP contribution in [0.5, 0.6) is 23.0 Å². The summed E-state index contributed by atoms with van der Waals surface area (Å²) < 4.78 is 74.3. The summed E-state index contributed by atoms with van der Waals surface area (Å²) in [6, 6.07) is 5.84. The van der Waals surface area contributed by atoms with Gasteiger partial charge in [0.05, 0.1) is 25.4 Å². The van der Waals surface area contributed by atoms with Gasteiger partial charge in [-0.2, -0.15) is 0 Å². The molecule has 83 heavy (non-hydrogen) atoms. The average Bonchev–Trinajstić information content (AvgIpc) is 3.64. The maximum Gasteiger partial charge on any atom is 0.335 e. The van der Waals surface area contributed by atoms with Crippen molar-refractivity contribution in [2.75, 3.05) is 13.2 Å². The van der Waals surface area contributed by atoms with E-state index in [9.17, 15) is 106 Å². The Balaban J connectivity index is 1.02. The summed E-state index contributed by atoms with van der Waals surface area (Å²) in [6.45, 7) is 1.31. The standard InChI is InChI=1S/C49H62O34/c1-11-24(55)28(59)32(63)46(73-11)82-40-36(78-44-30(61)26(57)18(53)9-71-44)34(65)38(42(67)68)80-48(40)75-14-6-16(51)23-17(52)8-21(76-22(23)7-14)13-3-4-20(15(50)5-13)77-49-41(83-47-33(64)29(60)25(56)12(2)74-47)37(35(66)39(81-49)43(69)70)79-45-31(62)27(58)19(54)10-72-45/h3-8,11-12,18-19,24-41,44-51,53-66H,9-10H2,1-2H3,(H,67,68)(H,69,70)/t11-,12-,18+,19+,24-,25-,26+,27-,28+,29+,30-,31+,32+,33+,34-,35-,36-,37-,38-,39-,40+,41+,44+,45-,46-,47-,48+,49+/m0/s1. The number of carbonyl (C=O) groups is 2. The van der Waals surface area contributed by atoms with E-state index >= 15 is 0 Å². The first-order chi connectivity index (χ1) is 39.1. The number of phenols is 2. The highest BCUT2D eigenvalue weighted by atomic mass is 16.8. The molecule has 2 aromatic carbocycles. The van der Waals surface area contributed by atoms with Crippen molar-refractivity contribution in [2.24, 2.45) is 0 Å². The Labute approximate surface area is 464 Å². The van der Waals surface area contributed by atoms with Crippen molar-refractivity contribution >= 4 is 22.9 Å². The predicted octanol–water partition coefficient (Wildman–Crippen LogP) is -7.96. The van der Waals surface area contributed by atoms with Gasteiger partial charge >= 0.3 is 11.9 Å². The lowest BCUT2D eigenvalue weighted by Gasteiger charge is -2.47. The van der Waals surface area contributed by atoms with Gasteiger partial charge in [0, 0.05) is 23.8 Å². The highest BCUT2D eigenvalue weighted by Gasteiger charge is 2.58. The van der Waals surface area contributed by atoms with Crippen LogP contribution < -0.4 is 14.9 Å². The zero-order valence-electron chi connectivity index (χ0n) is 43.1. The van der Waals surface area contributed by atoms with Crippen LogP contribution in [-0.2, 0) is 57.0 Å². The quantitative estimate of drug-likeness (QED) is 0.0672. The normalized spacial score (nSPS) is 43.3. The van der Waals surface area contributed by atoms with Crippen LogP contribution in [0.15, 0.2) is 45.6 Å². The van der Waals surface area contributed by atoms with Gasteiger partial charge in [-0.05, 0) is 32.0 Å². The summed E-state index contributed by atoms with van der Waals surface area (Å²) in [5.41, 5.74) is -1.52. The topological polar surface area (TPSA) is 539 Å². The van der Waals surface area contributed by atoms with Crippen molar-refractivity contribution in [1.29, 1.82) is 0 Å². The van der Waals surface area contributed by atoms with Gasteiger partial charge in [-0.25, -0.2) is 9.59 Å². The van der Waals surface area contributed by atoms with E-state index in [2.05, 4.69) is 0 Å². The number of rotatable bonds is 15. The molecule has 0 aliphatic carbocycles. The lowest BCUT2D eigenvalue weighted by atomic mass is 9.96. The minimum Gasteiger partial charge on any atom is -0.507 e. The number of aliphatic carboxylic acids is 2. The van der Waals surface area contributed by atoms with E-state index in [4.69, 9.17) is 61.3 Å². The van der Waals surface area contributed by atoms with Gasteiger partial charge in [0.15, 0.2) is 66.5 Å². The number of aliphatic hydroxyl groups excluding tert-OH is 14. The van der Waals surface area contributed by atoms with E-state index in [0.717, 1.165) is 30.3 Å². The van der Waals surface area contributed by atoms with Gasteiger partial charge in [-0.15, -0.1) is 0 Å². The Hall–Kier alpha value is -5.17. The molecule has 0 amide bonds. The molecule has 1 aromatic heterocycles. The van der Waals surface area contributed by atoms with Crippen molar-refractivity contribution in [3.63, 3.8) is 0 Å². The molecule has 6 saturated heterocycles. The molecular formula is C49H62O34. The molecule has 9 rings (SSSR count). The Morgan fingerprint density at radius 3 is 1.37 bits per heavy atom. The van der Waals surface area contributed by atoms with Gasteiger partial charge in [-0.1, -0.05) is 0 Å². The summed E-state index contributed by atoms with van der Waals surface area (Å²) in [4.78, 5) is 38.8. The lowest BCUT2D eigenvalue weighted by Crippen LogP contribution is -2.67. The first-order valence-corrected chi connectivity index (χ1v) is 25.6. The molecule has 7 heterocycles. The Morgan fingerprint density at radius 1 is 0.470 bits per heavy atom. The van der Waals surface area contributed by atoms with E-state index in [1.54, 1.807) is 0 Å². The van der Waals surface area contributed by atoms with Gasteiger partial charge in [-0.3, -0.25) is 4.79 Å². The zero-order valence-corrected chi connectivity index (χ0v) is 43.1. The van der Waals surface area contributed by atoms with Crippen molar-refractivity contribution in [1.82, 2.24) is 0 Å². The van der Waals surface area contributed by atoms with Crippen LogP contribution in [0.25, 0.3) is 22.3 Å². The number of aromatic hydroxyl groups is 2. The Bertz CT molecular complexity index is 2820. The van der Waals surface area contributed by atoms with Gasteiger partial charge < -0.3 is 153 Å². The summed E-state index contributed by atoms with van der Waals surface area (Å²) >= 11 is 0. The Morgan fingerprint density at radius 2 is 0.916 bits per heavy atom. The van der Waals surface area contributed by atoms with E-state index < -0.39 is 237 Å². The third-order valence-corrected chi connectivity index (χ3v) is 14.7. The fraction of sp³-hybridized carbons (Fsp3) is 0.653. The minimum atomic E-state index is -2.28. The molecule has 18 N–H and O–H groups in total. The van der Waals surface area contributed by atoms with E-state index in [-0.39, 0.29) is 11.3 Å². The highest BCUT2D eigenvalue weighted by molar-refractivity contribution is 5.86. The van der Waals surface area contributed by atoms with Crippen LogP contribution in [0.1, 0.15) is 13.8 Å². The summed E-state index contributed by atoms with van der Waals surface area (Å²) in [5, 5.41) is 191. The molecule has 34 heteroatoms. The number of benzene rings is 2. The van der Waals surface area contributed by atoms with Crippen LogP contribution in [0, 0.1) is 0 Å².